The summed E-state index contributed by atoms with van der Waals surface area (Å²) >= 11 is 0. The number of carbonyl (C=O) groups is 4. The van der Waals surface area contributed by atoms with E-state index in [1.54, 1.807) is 0 Å². The molecule has 108 valence electrons. The van der Waals surface area contributed by atoms with Crippen LogP contribution in [0.15, 0.2) is 0 Å². The topological polar surface area (TPSA) is 172 Å². The standard InChI is InChI=1S/C6H8O7.C2H4O2.Ag/c7-3(8)1-6(13,5(11)12)2-4(9)10;1-2(3)4;/h13H,1-2H2,(H,7,8)(H,9,10)(H,11,12);1H3,(H,3,4);/q;;+1/p-1. The fourth-order valence-corrected chi connectivity index (χ4v) is 0.714. The fraction of sp³-hybridized carbons (Fsp3) is 0.500. The number of rotatable bonds is 5. The van der Waals surface area contributed by atoms with Crippen LogP contribution in [0.4, 0.5) is 0 Å². The van der Waals surface area contributed by atoms with E-state index < -0.39 is 42.3 Å². The second-order valence-electron chi connectivity index (χ2n) is 2.97. The van der Waals surface area contributed by atoms with Crippen molar-refractivity contribution < 1.29 is 67.1 Å². The summed E-state index contributed by atoms with van der Waals surface area (Å²) < 4.78 is 0. The summed E-state index contributed by atoms with van der Waals surface area (Å²) in [4.78, 5) is 39.4. The van der Waals surface area contributed by atoms with Gasteiger partial charge < -0.3 is 30.3 Å². The molecule has 0 saturated heterocycles. The Hall–Kier alpha value is -1.42. The van der Waals surface area contributed by atoms with Gasteiger partial charge in [-0.15, -0.1) is 0 Å². The van der Waals surface area contributed by atoms with Crippen molar-refractivity contribution in [3.63, 3.8) is 0 Å². The van der Waals surface area contributed by atoms with Gasteiger partial charge in [-0.1, -0.05) is 0 Å². The predicted molar refractivity (Wildman–Crippen MR) is 47.8 cm³/mol. The molecule has 0 spiro atoms. The number of carbonyl (C=O) groups excluding carboxylic acids is 1. The number of aliphatic carboxylic acids is 4. The van der Waals surface area contributed by atoms with Gasteiger partial charge >= 0.3 is 40.3 Å². The van der Waals surface area contributed by atoms with E-state index in [4.69, 9.17) is 30.3 Å². The third-order valence-electron chi connectivity index (χ3n) is 1.29. The summed E-state index contributed by atoms with van der Waals surface area (Å²) in [6.07, 6.45) is -2.29. The number of aliphatic hydroxyl groups is 1. The van der Waals surface area contributed by atoms with Gasteiger partial charge in [0.2, 0.25) is 0 Å². The molecule has 4 N–H and O–H groups in total. The van der Waals surface area contributed by atoms with E-state index in [2.05, 4.69) is 0 Å². The van der Waals surface area contributed by atoms with E-state index in [0.29, 0.717) is 0 Å². The second kappa shape index (κ2) is 9.59. The molecule has 0 rings (SSSR count). The molecule has 0 bridgehead atoms. The zero-order chi connectivity index (χ0) is 14.2. The Labute approximate surface area is 117 Å². The molecule has 0 fully saturated rings. The molecule has 18 heavy (non-hydrogen) atoms. The van der Waals surface area contributed by atoms with Crippen LogP contribution in [0.2, 0.25) is 0 Å². The van der Waals surface area contributed by atoms with E-state index in [-0.39, 0.29) is 22.4 Å². The maximum absolute atomic E-state index is 10.3. The first kappa shape index (κ1) is 21.8. The van der Waals surface area contributed by atoms with Crippen molar-refractivity contribution in [2.75, 3.05) is 0 Å². The molecule has 9 nitrogen and oxygen atoms in total. The zero-order valence-electron chi connectivity index (χ0n) is 9.05. The van der Waals surface area contributed by atoms with E-state index >= 15 is 0 Å². The van der Waals surface area contributed by atoms with Gasteiger partial charge in [0.15, 0.2) is 5.60 Å². The minimum atomic E-state index is -2.74. The van der Waals surface area contributed by atoms with Crippen LogP contribution in [0, 0.1) is 0 Å². The Kier molecular flexibility index (Phi) is 11.6. The Morgan fingerprint density at radius 1 is 1.00 bits per heavy atom. The number of hydrogen-bond donors (Lipinski definition) is 4. The van der Waals surface area contributed by atoms with Crippen molar-refractivity contribution in [3.05, 3.63) is 0 Å². The zero-order valence-corrected chi connectivity index (χ0v) is 10.5. The Balaban J connectivity index is -0.000000392. The van der Waals surface area contributed by atoms with Gasteiger partial charge in [-0.05, 0) is 6.92 Å². The minimum Gasteiger partial charge on any atom is -0.550 e. The van der Waals surface area contributed by atoms with Gasteiger partial charge in [0.25, 0.3) is 0 Å². The van der Waals surface area contributed by atoms with Crippen LogP contribution < -0.4 is 5.11 Å². The number of carboxylic acid groups (broad SMARTS) is 4. The molecule has 0 aromatic carbocycles. The smallest absolute Gasteiger partial charge is 0.550 e. The molecule has 0 heterocycles. The third kappa shape index (κ3) is 12.6. The first-order valence-electron chi connectivity index (χ1n) is 4.08. The van der Waals surface area contributed by atoms with Crippen LogP contribution in [-0.2, 0) is 41.6 Å². The van der Waals surface area contributed by atoms with Crippen molar-refractivity contribution in [2.45, 2.75) is 25.4 Å². The molecular formula is C8H11AgO9. The number of carboxylic acids is 4. The van der Waals surface area contributed by atoms with Crippen LogP contribution in [0.5, 0.6) is 0 Å². The Morgan fingerprint density at radius 3 is 1.33 bits per heavy atom. The van der Waals surface area contributed by atoms with Crippen molar-refractivity contribution in [1.82, 2.24) is 0 Å². The molecule has 0 amide bonds. The van der Waals surface area contributed by atoms with Crippen molar-refractivity contribution in [1.29, 1.82) is 0 Å². The molecule has 10 heteroatoms. The van der Waals surface area contributed by atoms with E-state index in [9.17, 15) is 14.4 Å². The van der Waals surface area contributed by atoms with Gasteiger partial charge in [-0.25, -0.2) is 4.79 Å². The van der Waals surface area contributed by atoms with Gasteiger partial charge in [0.1, 0.15) is 0 Å². The third-order valence-corrected chi connectivity index (χ3v) is 1.29. The average molecular weight is 359 g/mol. The van der Waals surface area contributed by atoms with Crippen LogP contribution in [0.25, 0.3) is 0 Å². The quantitative estimate of drug-likeness (QED) is 0.387. The summed E-state index contributed by atoms with van der Waals surface area (Å²) in [5.41, 5.74) is -2.74. The monoisotopic (exact) mass is 358 g/mol. The van der Waals surface area contributed by atoms with Gasteiger partial charge in [-0.3, -0.25) is 9.59 Å². The molecule has 0 aromatic rings. The fourth-order valence-electron chi connectivity index (χ4n) is 0.714. The molecule has 0 aromatic heterocycles. The molecule has 0 aliphatic heterocycles. The van der Waals surface area contributed by atoms with Gasteiger partial charge in [-0.2, -0.15) is 0 Å². The van der Waals surface area contributed by atoms with Crippen LogP contribution in [0.3, 0.4) is 0 Å². The van der Waals surface area contributed by atoms with Crippen LogP contribution >= 0.6 is 0 Å². The normalized spacial score (nSPS) is 9.22. The molecule has 0 radical (unpaired) electrons. The molecule has 0 saturated carbocycles. The van der Waals surface area contributed by atoms with Gasteiger partial charge in [0, 0.05) is 5.97 Å². The van der Waals surface area contributed by atoms with Crippen LogP contribution in [0.1, 0.15) is 19.8 Å². The average Bonchev–Trinajstić information content (AvgIpc) is 1.98. The van der Waals surface area contributed by atoms with Crippen molar-refractivity contribution in [2.24, 2.45) is 0 Å². The largest absolute Gasteiger partial charge is 1.00 e. The summed E-state index contributed by atoms with van der Waals surface area (Å²) in [5.74, 6) is -6.10. The summed E-state index contributed by atoms with van der Waals surface area (Å²) in [6.45, 7) is 0.972. The molecule has 0 aliphatic carbocycles. The number of hydrogen-bond acceptors (Lipinski definition) is 6. The molecule has 0 aliphatic rings. The second-order valence-corrected chi connectivity index (χ2v) is 2.97. The summed E-state index contributed by atoms with van der Waals surface area (Å²) in [6, 6.07) is 0. The summed E-state index contributed by atoms with van der Waals surface area (Å²) in [7, 11) is 0. The molecule has 0 unspecified atom stereocenters. The SMILES string of the molecule is CC(=O)[O-].O=C(O)CC(O)(CC(=O)O)C(=O)O.[Ag+]. The maximum Gasteiger partial charge on any atom is 1.00 e. The summed E-state index contributed by atoms with van der Waals surface area (Å²) in [5, 5.41) is 42.7. The molecule has 0 atom stereocenters. The Bertz CT molecular complexity index is 305. The minimum absolute atomic E-state index is 0. The maximum atomic E-state index is 10.3. The Morgan fingerprint density at radius 2 is 1.22 bits per heavy atom. The predicted octanol–water partition coefficient (Wildman–Crippen LogP) is -2.49. The first-order valence-corrected chi connectivity index (χ1v) is 4.08. The van der Waals surface area contributed by atoms with Crippen molar-refractivity contribution in [3.8, 4) is 0 Å². The van der Waals surface area contributed by atoms with E-state index in [1.165, 1.54) is 0 Å². The molecular weight excluding hydrogens is 348 g/mol. The van der Waals surface area contributed by atoms with E-state index in [1.807, 2.05) is 0 Å². The van der Waals surface area contributed by atoms with Crippen LogP contribution in [-0.4, -0.2) is 49.9 Å². The van der Waals surface area contributed by atoms with Gasteiger partial charge in [0.05, 0.1) is 12.8 Å². The van der Waals surface area contributed by atoms with E-state index in [0.717, 1.165) is 6.92 Å². The first-order chi connectivity index (χ1) is 7.51. The van der Waals surface area contributed by atoms with Crippen molar-refractivity contribution >= 4 is 23.9 Å².